The highest BCUT2D eigenvalue weighted by Gasteiger charge is 1.99. The maximum absolute atomic E-state index is 5.73. The van der Waals surface area contributed by atoms with Crippen molar-refractivity contribution in [3.63, 3.8) is 0 Å². The molecule has 0 saturated heterocycles. The molecule has 0 aliphatic rings. The van der Waals surface area contributed by atoms with Crippen molar-refractivity contribution in [1.82, 2.24) is 0 Å². The van der Waals surface area contributed by atoms with Crippen LogP contribution in [-0.4, -0.2) is 5.84 Å². The Labute approximate surface area is 83.5 Å². The van der Waals surface area contributed by atoms with Gasteiger partial charge in [-0.2, -0.15) is 0 Å². The number of hydrogen-bond donors (Lipinski definition) is 1. The number of thiophene rings is 1. The Hall–Kier alpha value is -0.830. The second kappa shape index (κ2) is 4.42. The Morgan fingerprint density at radius 3 is 2.69 bits per heavy atom. The molecule has 0 aromatic carbocycles. The average Bonchev–Trinajstić information content (AvgIpc) is 2.47. The molecule has 0 saturated carbocycles. The molecule has 0 fully saturated rings. The van der Waals surface area contributed by atoms with Gasteiger partial charge in [-0.1, -0.05) is 13.8 Å². The van der Waals surface area contributed by atoms with E-state index in [9.17, 15) is 0 Å². The first kappa shape index (κ1) is 10.3. The Kier molecular flexibility index (Phi) is 3.48. The van der Waals surface area contributed by atoms with Gasteiger partial charge in [0.05, 0.1) is 12.4 Å². The first-order valence-corrected chi connectivity index (χ1v) is 5.26. The number of nitrogens with two attached hydrogens (primary N) is 1. The zero-order chi connectivity index (χ0) is 9.84. The second-order valence-corrected chi connectivity index (χ2v) is 4.78. The summed E-state index contributed by atoms with van der Waals surface area (Å²) in [5.74, 6) is 1.09. The first-order chi connectivity index (χ1) is 6.09. The van der Waals surface area contributed by atoms with E-state index in [0.717, 1.165) is 12.4 Å². The van der Waals surface area contributed by atoms with Gasteiger partial charge in [0.25, 0.3) is 0 Å². The summed E-state index contributed by atoms with van der Waals surface area (Å²) in [5.41, 5.74) is 5.73. The fourth-order valence-electron chi connectivity index (χ4n) is 0.922. The molecule has 2 nitrogen and oxygen atoms in total. The molecular weight excluding hydrogens is 180 g/mol. The van der Waals surface area contributed by atoms with Crippen LogP contribution in [0.1, 0.15) is 23.6 Å². The van der Waals surface area contributed by atoms with Crippen molar-refractivity contribution < 1.29 is 0 Å². The van der Waals surface area contributed by atoms with Crippen LogP contribution < -0.4 is 5.73 Å². The van der Waals surface area contributed by atoms with E-state index in [0.29, 0.717) is 5.92 Å². The molecule has 0 spiro atoms. The average molecular weight is 196 g/mol. The lowest BCUT2D eigenvalue weighted by Crippen LogP contribution is -2.18. The third kappa shape index (κ3) is 3.19. The van der Waals surface area contributed by atoms with Crippen LogP contribution in [0.5, 0.6) is 0 Å². The molecular formula is C10H16N2S. The van der Waals surface area contributed by atoms with Crippen LogP contribution in [-0.2, 0) is 6.54 Å². The van der Waals surface area contributed by atoms with E-state index in [1.807, 2.05) is 0 Å². The lowest BCUT2D eigenvalue weighted by molar-refractivity contribution is 0.857. The fraction of sp³-hybridized carbons (Fsp3) is 0.500. The Morgan fingerprint density at radius 1 is 1.54 bits per heavy atom. The molecule has 0 aliphatic carbocycles. The molecule has 0 bridgehead atoms. The summed E-state index contributed by atoms with van der Waals surface area (Å²) in [4.78, 5) is 6.92. The van der Waals surface area contributed by atoms with Crippen molar-refractivity contribution in [2.24, 2.45) is 16.6 Å². The van der Waals surface area contributed by atoms with Gasteiger partial charge in [-0.05, 0) is 19.1 Å². The van der Waals surface area contributed by atoms with Gasteiger partial charge in [-0.3, -0.25) is 4.99 Å². The van der Waals surface area contributed by atoms with E-state index < -0.39 is 0 Å². The third-order valence-electron chi connectivity index (χ3n) is 1.81. The van der Waals surface area contributed by atoms with Crippen LogP contribution in [0.3, 0.4) is 0 Å². The van der Waals surface area contributed by atoms with Gasteiger partial charge in [0, 0.05) is 15.7 Å². The highest BCUT2D eigenvalue weighted by atomic mass is 32.1. The standard InChI is InChI=1S/C10H16N2S/c1-7(2)10(11)12-6-9-5-4-8(3)13-9/h4-5,7H,6H2,1-3H3,(H2,11,12). The molecule has 13 heavy (non-hydrogen) atoms. The monoisotopic (exact) mass is 196 g/mol. The molecule has 1 aromatic rings. The van der Waals surface area contributed by atoms with Crippen LogP contribution in [0.15, 0.2) is 17.1 Å². The van der Waals surface area contributed by atoms with Crippen LogP contribution in [0.2, 0.25) is 0 Å². The zero-order valence-electron chi connectivity index (χ0n) is 8.37. The van der Waals surface area contributed by atoms with Crippen molar-refractivity contribution in [1.29, 1.82) is 0 Å². The number of aliphatic imine (C=N–C) groups is 1. The van der Waals surface area contributed by atoms with E-state index in [-0.39, 0.29) is 0 Å². The smallest absolute Gasteiger partial charge is 0.0967 e. The molecule has 0 radical (unpaired) electrons. The fourth-order valence-corrected chi connectivity index (χ4v) is 1.74. The van der Waals surface area contributed by atoms with E-state index in [1.165, 1.54) is 9.75 Å². The Bertz CT molecular complexity index is 300. The van der Waals surface area contributed by atoms with Crippen molar-refractivity contribution in [2.75, 3.05) is 0 Å². The van der Waals surface area contributed by atoms with Gasteiger partial charge in [0.1, 0.15) is 0 Å². The summed E-state index contributed by atoms with van der Waals surface area (Å²) in [7, 11) is 0. The SMILES string of the molecule is Cc1ccc(CN=C(N)C(C)C)s1. The molecule has 1 rings (SSSR count). The van der Waals surface area contributed by atoms with E-state index >= 15 is 0 Å². The van der Waals surface area contributed by atoms with Gasteiger partial charge in [0.15, 0.2) is 0 Å². The van der Waals surface area contributed by atoms with Crippen molar-refractivity contribution in [2.45, 2.75) is 27.3 Å². The van der Waals surface area contributed by atoms with Crippen molar-refractivity contribution in [3.05, 3.63) is 21.9 Å². The van der Waals surface area contributed by atoms with Crippen molar-refractivity contribution in [3.8, 4) is 0 Å². The molecule has 1 aromatic heterocycles. The number of hydrogen-bond acceptors (Lipinski definition) is 2. The van der Waals surface area contributed by atoms with Crippen LogP contribution in [0.4, 0.5) is 0 Å². The maximum atomic E-state index is 5.73. The highest BCUT2D eigenvalue weighted by molar-refractivity contribution is 7.11. The molecule has 0 aliphatic heterocycles. The lowest BCUT2D eigenvalue weighted by atomic mass is 10.2. The summed E-state index contributed by atoms with van der Waals surface area (Å²) in [6, 6.07) is 4.22. The summed E-state index contributed by atoms with van der Waals surface area (Å²) < 4.78 is 0. The van der Waals surface area contributed by atoms with Gasteiger partial charge in [-0.15, -0.1) is 11.3 Å². The largest absolute Gasteiger partial charge is 0.387 e. The highest BCUT2D eigenvalue weighted by Crippen LogP contribution is 2.15. The second-order valence-electron chi connectivity index (χ2n) is 3.41. The predicted molar refractivity (Wildman–Crippen MR) is 59.2 cm³/mol. The van der Waals surface area contributed by atoms with E-state index in [4.69, 9.17) is 5.73 Å². The molecule has 0 atom stereocenters. The Balaban J connectivity index is 2.56. The first-order valence-electron chi connectivity index (χ1n) is 4.44. The van der Waals surface area contributed by atoms with Crippen LogP contribution in [0, 0.1) is 12.8 Å². The summed E-state index contributed by atoms with van der Waals surface area (Å²) in [5, 5.41) is 0. The molecule has 0 unspecified atom stereocenters. The topological polar surface area (TPSA) is 38.4 Å². The molecule has 0 amide bonds. The van der Waals surface area contributed by atoms with Gasteiger partial charge in [0.2, 0.25) is 0 Å². The predicted octanol–water partition coefficient (Wildman–Crippen LogP) is 2.57. The van der Waals surface area contributed by atoms with Crippen molar-refractivity contribution >= 4 is 17.2 Å². The lowest BCUT2D eigenvalue weighted by Gasteiger charge is -2.02. The summed E-state index contributed by atoms with van der Waals surface area (Å²) >= 11 is 1.78. The number of amidine groups is 1. The Morgan fingerprint density at radius 2 is 2.23 bits per heavy atom. The third-order valence-corrected chi connectivity index (χ3v) is 2.79. The number of aryl methyl sites for hydroxylation is 1. The zero-order valence-corrected chi connectivity index (χ0v) is 9.19. The molecule has 3 heteroatoms. The normalized spacial score (nSPS) is 12.5. The summed E-state index contributed by atoms with van der Waals surface area (Å²) in [6.45, 7) is 6.93. The minimum Gasteiger partial charge on any atom is -0.387 e. The van der Waals surface area contributed by atoms with Crippen LogP contribution >= 0.6 is 11.3 Å². The van der Waals surface area contributed by atoms with Gasteiger partial charge in [-0.25, -0.2) is 0 Å². The van der Waals surface area contributed by atoms with Crippen LogP contribution in [0.25, 0.3) is 0 Å². The minimum atomic E-state index is 0.348. The quantitative estimate of drug-likeness (QED) is 0.585. The number of rotatable bonds is 3. The minimum absolute atomic E-state index is 0.348. The number of nitrogens with zero attached hydrogens (tertiary/aromatic N) is 1. The molecule has 72 valence electrons. The van der Waals surface area contributed by atoms with Gasteiger partial charge >= 0.3 is 0 Å². The summed E-state index contributed by atoms with van der Waals surface area (Å²) in [6.07, 6.45) is 0. The maximum Gasteiger partial charge on any atom is 0.0967 e. The van der Waals surface area contributed by atoms with Gasteiger partial charge < -0.3 is 5.73 Å². The molecule has 2 N–H and O–H groups in total. The molecule has 1 heterocycles. The van der Waals surface area contributed by atoms with E-state index in [1.54, 1.807) is 11.3 Å². The van der Waals surface area contributed by atoms with E-state index in [2.05, 4.69) is 37.9 Å².